The molecule has 2 nitrogen and oxygen atoms in total. The van der Waals surface area contributed by atoms with E-state index in [4.69, 9.17) is 0 Å². The van der Waals surface area contributed by atoms with Gasteiger partial charge in [0, 0.05) is 6.04 Å². The molecule has 0 radical (unpaired) electrons. The number of rotatable bonds is 12. The molecule has 3 fully saturated rings. The van der Waals surface area contributed by atoms with Gasteiger partial charge in [-0.25, -0.2) is 0 Å². The molecule has 2 N–H and O–H groups in total. The predicted molar refractivity (Wildman–Crippen MR) is 215 cm³/mol. The van der Waals surface area contributed by atoms with Crippen molar-refractivity contribution in [1.82, 2.24) is 10.6 Å². The van der Waals surface area contributed by atoms with Gasteiger partial charge in [0.2, 0.25) is 0 Å². The van der Waals surface area contributed by atoms with Crippen LogP contribution in [0.3, 0.4) is 0 Å². The fraction of sp³-hybridized carbons (Fsp3) is 0.750. The van der Waals surface area contributed by atoms with Crippen molar-refractivity contribution in [2.24, 2.45) is 65.1 Å². The Bertz CT molecular complexity index is 1270. The lowest BCUT2D eigenvalue weighted by Gasteiger charge is -2.40. The van der Waals surface area contributed by atoms with E-state index in [0.717, 1.165) is 59.2 Å². The number of hydrogen-bond donors (Lipinski definition) is 2. The van der Waals surface area contributed by atoms with Crippen molar-refractivity contribution >= 4 is 0 Å². The molecule has 2 heteroatoms. The highest BCUT2D eigenvalue weighted by Crippen LogP contribution is 2.47. The third-order valence-electron chi connectivity index (χ3n) is 15.4. The van der Waals surface area contributed by atoms with Gasteiger partial charge in [-0.05, 0) is 187 Å². The molecule has 1 saturated heterocycles. The average Bonchev–Trinajstić information content (AvgIpc) is 3.70. The Balaban J connectivity index is 1.02. The SMILES string of the molecule is C/C(=C\CC(CNC1C=CCC2CCCCC21)C1CCNC1)C1CCC(C(C)/C=C\C(C2CC=CCC2)C2CCCC(C)C2)=C2C=CCCC21. The largest absolute Gasteiger partial charge is 0.316 e. The number of allylic oxidation sites excluding steroid dienone is 11. The summed E-state index contributed by atoms with van der Waals surface area (Å²) in [5.41, 5.74) is 5.19. The van der Waals surface area contributed by atoms with Crippen LogP contribution in [-0.2, 0) is 0 Å². The Labute approximate surface area is 308 Å². The maximum Gasteiger partial charge on any atom is 0.0281 e. The Morgan fingerprint density at radius 3 is 2.62 bits per heavy atom. The molecule has 7 aliphatic rings. The van der Waals surface area contributed by atoms with E-state index < -0.39 is 0 Å². The molecular weight excluding hydrogens is 605 g/mol. The predicted octanol–water partition coefficient (Wildman–Crippen LogP) is 11.9. The summed E-state index contributed by atoms with van der Waals surface area (Å²) in [4.78, 5) is 0. The average molecular weight is 679 g/mol. The van der Waals surface area contributed by atoms with Gasteiger partial charge in [0.05, 0.1) is 0 Å². The van der Waals surface area contributed by atoms with E-state index in [2.05, 4.69) is 86.1 Å². The number of hydrogen-bond acceptors (Lipinski definition) is 2. The molecule has 0 spiro atoms. The van der Waals surface area contributed by atoms with Gasteiger partial charge in [0.15, 0.2) is 0 Å². The summed E-state index contributed by atoms with van der Waals surface area (Å²) in [7, 11) is 0. The van der Waals surface area contributed by atoms with Crippen LogP contribution >= 0.6 is 0 Å². The van der Waals surface area contributed by atoms with Gasteiger partial charge in [0.25, 0.3) is 0 Å². The summed E-state index contributed by atoms with van der Waals surface area (Å²) in [5.74, 6) is 8.77. The zero-order chi connectivity index (χ0) is 34.3. The molecule has 12 atom stereocenters. The van der Waals surface area contributed by atoms with E-state index in [9.17, 15) is 0 Å². The van der Waals surface area contributed by atoms with E-state index in [1.54, 1.807) is 16.7 Å². The molecule has 1 heterocycles. The maximum atomic E-state index is 4.16. The van der Waals surface area contributed by atoms with Crippen molar-refractivity contribution in [1.29, 1.82) is 0 Å². The van der Waals surface area contributed by atoms with Gasteiger partial charge in [-0.1, -0.05) is 105 Å². The van der Waals surface area contributed by atoms with E-state index in [1.165, 1.54) is 135 Å². The molecule has 0 aromatic rings. The Kier molecular flexibility index (Phi) is 13.2. The van der Waals surface area contributed by atoms with Crippen molar-refractivity contribution in [2.45, 2.75) is 142 Å². The molecule has 50 heavy (non-hydrogen) atoms. The summed E-state index contributed by atoms with van der Waals surface area (Å²) in [6.07, 6.45) is 47.9. The van der Waals surface area contributed by atoms with Crippen molar-refractivity contribution in [3.63, 3.8) is 0 Å². The van der Waals surface area contributed by atoms with Crippen molar-refractivity contribution in [3.8, 4) is 0 Å². The quantitative estimate of drug-likeness (QED) is 0.201. The normalized spacial score (nSPS) is 38.2. The van der Waals surface area contributed by atoms with Gasteiger partial charge in [-0.2, -0.15) is 0 Å². The Morgan fingerprint density at radius 2 is 1.78 bits per heavy atom. The lowest BCUT2D eigenvalue weighted by molar-refractivity contribution is 0.177. The molecule has 6 aliphatic carbocycles. The van der Waals surface area contributed by atoms with Crippen LogP contribution in [0.25, 0.3) is 0 Å². The monoisotopic (exact) mass is 679 g/mol. The van der Waals surface area contributed by atoms with Crippen LogP contribution in [-0.4, -0.2) is 25.7 Å². The summed E-state index contributed by atoms with van der Waals surface area (Å²) in [6.45, 7) is 11.2. The van der Waals surface area contributed by atoms with Crippen LogP contribution in [0.2, 0.25) is 0 Å². The summed E-state index contributed by atoms with van der Waals surface area (Å²) < 4.78 is 0. The molecule has 0 amide bonds. The Morgan fingerprint density at radius 1 is 0.880 bits per heavy atom. The lowest BCUT2D eigenvalue weighted by Crippen LogP contribution is -2.44. The zero-order valence-corrected chi connectivity index (χ0v) is 32.5. The van der Waals surface area contributed by atoms with Crippen LogP contribution in [0.15, 0.2) is 71.4 Å². The minimum Gasteiger partial charge on any atom is -0.316 e. The van der Waals surface area contributed by atoms with Gasteiger partial charge in [-0.15, -0.1) is 0 Å². The molecule has 0 aromatic carbocycles. The third-order valence-corrected chi connectivity index (χ3v) is 15.4. The Hall–Kier alpha value is -1.64. The molecule has 0 bridgehead atoms. The van der Waals surface area contributed by atoms with Crippen LogP contribution in [0, 0.1) is 65.1 Å². The molecule has 7 rings (SSSR count). The van der Waals surface area contributed by atoms with Crippen LogP contribution < -0.4 is 10.6 Å². The maximum absolute atomic E-state index is 4.16. The number of nitrogens with one attached hydrogen (secondary N) is 2. The van der Waals surface area contributed by atoms with Gasteiger partial charge < -0.3 is 10.6 Å². The van der Waals surface area contributed by atoms with Crippen molar-refractivity contribution in [3.05, 3.63) is 71.4 Å². The minimum atomic E-state index is 0.561. The van der Waals surface area contributed by atoms with Crippen LogP contribution in [0.5, 0.6) is 0 Å². The lowest BCUT2D eigenvalue weighted by atomic mass is 9.66. The highest BCUT2D eigenvalue weighted by Gasteiger charge is 2.36. The standard InChI is InChI=1S/C48H74N2/c1-34-13-11-18-39(31-34)44(37-14-5-4-6-15-37)26-24-36(3)43-28-27-42(46-20-9-10-21-47(43)46)35(2)23-25-40(41-29-30-49-32-41)33-50-48-22-12-17-38-16-7-8-19-45(38)48/h4-5,10,12,21-24,26,34,36-42,44-46,48-50H,6-9,11,13-20,25,27-33H2,1-3H3/b26-24-,35-23+. The zero-order valence-electron chi connectivity index (χ0n) is 32.5. The highest BCUT2D eigenvalue weighted by molar-refractivity contribution is 5.38. The molecule has 0 aromatic heterocycles. The van der Waals surface area contributed by atoms with Crippen molar-refractivity contribution in [2.75, 3.05) is 19.6 Å². The van der Waals surface area contributed by atoms with E-state index >= 15 is 0 Å². The summed E-state index contributed by atoms with van der Waals surface area (Å²) in [5, 5.41) is 7.87. The second-order valence-electron chi connectivity index (χ2n) is 18.5. The van der Waals surface area contributed by atoms with Crippen molar-refractivity contribution < 1.29 is 0 Å². The summed E-state index contributed by atoms with van der Waals surface area (Å²) >= 11 is 0. The van der Waals surface area contributed by atoms with Gasteiger partial charge >= 0.3 is 0 Å². The molecule has 12 unspecified atom stereocenters. The molecule has 1 aliphatic heterocycles. The minimum absolute atomic E-state index is 0.561. The molecular formula is C48H74N2. The fourth-order valence-corrected chi connectivity index (χ4v) is 12.4. The van der Waals surface area contributed by atoms with E-state index in [1.807, 2.05) is 0 Å². The second kappa shape index (κ2) is 17.9. The first kappa shape index (κ1) is 36.7. The van der Waals surface area contributed by atoms with Crippen LogP contribution in [0.1, 0.15) is 136 Å². The first-order chi connectivity index (χ1) is 24.5. The van der Waals surface area contributed by atoms with Gasteiger partial charge in [-0.3, -0.25) is 0 Å². The smallest absolute Gasteiger partial charge is 0.0281 e. The van der Waals surface area contributed by atoms with E-state index in [0.29, 0.717) is 12.0 Å². The molecule has 2 saturated carbocycles. The third kappa shape index (κ3) is 8.93. The highest BCUT2D eigenvalue weighted by atomic mass is 14.9. The van der Waals surface area contributed by atoms with Crippen LogP contribution in [0.4, 0.5) is 0 Å². The van der Waals surface area contributed by atoms with Gasteiger partial charge in [0.1, 0.15) is 0 Å². The molecule has 276 valence electrons. The topological polar surface area (TPSA) is 24.1 Å². The first-order valence-electron chi connectivity index (χ1n) is 22.0. The second-order valence-corrected chi connectivity index (χ2v) is 18.5. The first-order valence-corrected chi connectivity index (χ1v) is 22.0. The van der Waals surface area contributed by atoms with E-state index in [-0.39, 0.29) is 0 Å². The summed E-state index contributed by atoms with van der Waals surface area (Å²) in [6, 6.07) is 0.603. The fourth-order valence-electron chi connectivity index (χ4n) is 12.4. The number of fused-ring (bicyclic) bond motifs is 2.